The van der Waals surface area contributed by atoms with Crippen molar-refractivity contribution in [2.45, 2.75) is 0 Å². The summed E-state index contributed by atoms with van der Waals surface area (Å²) in [5.74, 6) is 0. The van der Waals surface area contributed by atoms with Crippen LogP contribution >= 0.6 is 0 Å². The van der Waals surface area contributed by atoms with E-state index in [1.165, 1.54) is 60.1 Å². The van der Waals surface area contributed by atoms with Gasteiger partial charge in [-0.15, -0.1) is 0 Å². The SMILES string of the molecule is c1ccc(-c2c3ccccc3c(-c3ccc(-c4ccc5c(c4)oc4c5ccc5oc6ccccc6c54)c4ccccc34)c3ccccc23)cc1. The molecule has 0 aliphatic carbocycles. The Kier molecular flexibility index (Phi) is 5.70. The van der Waals surface area contributed by atoms with Crippen LogP contribution in [0.2, 0.25) is 0 Å². The van der Waals surface area contributed by atoms with E-state index in [-0.39, 0.29) is 0 Å². The minimum absolute atomic E-state index is 0.844. The quantitative estimate of drug-likeness (QED) is 0.180. The van der Waals surface area contributed by atoms with Crippen LogP contribution in [0.15, 0.2) is 179 Å². The summed E-state index contributed by atoms with van der Waals surface area (Å²) in [5.41, 5.74) is 10.8. The van der Waals surface area contributed by atoms with Gasteiger partial charge in [0.15, 0.2) is 0 Å². The van der Waals surface area contributed by atoms with Crippen LogP contribution in [0.4, 0.5) is 0 Å². The first-order chi connectivity index (χ1) is 24.8. The lowest BCUT2D eigenvalue weighted by Gasteiger charge is -2.19. The number of para-hydroxylation sites is 1. The van der Waals surface area contributed by atoms with Gasteiger partial charge >= 0.3 is 0 Å². The average molecular weight is 637 g/mol. The summed E-state index contributed by atoms with van der Waals surface area (Å²) in [6, 6.07) is 60.9. The van der Waals surface area contributed by atoms with Crippen LogP contribution in [0.1, 0.15) is 0 Å². The highest BCUT2D eigenvalue weighted by Crippen LogP contribution is 2.47. The van der Waals surface area contributed by atoms with Gasteiger partial charge in [0.2, 0.25) is 0 Å². The van der Waals surface area contributed by atoms with Crippen LogP contribution in [0.3, 0.4) is 0 Å². The molecule has 0 amide bonds. The molecule has 0 N–H and O–H groups in total. The zero-order valence-electron chi connectivity index (χ0n) is 27.0. The monoisotopic (exact) mass is 636 g/mol. The largest absolute Gasteiger partial charge is 0.456 e. The molecule has 2 heterocycles. The van der Waals surface area contributed by atoms with Gasteiger partial charge < -0.3 is 8.83 Å². The maximum atomic E-state index is 6.68. The van der Waals surface area contributed by atoms with Gasteiger partial charge in [0.25, 0.3) is 0 Å². The van der Waals surface area contributed by atoms with E-state index in [0.717, 1.165) is 49.4 Å². The molecule has 2 aromatic heterocycles. The molecule has 11 rings (SSSR count). The first-order valence-electron chi connectivity index (χ1n) is 17.1. The van der Waals surface area contributed by atoms with Gasteiger partial charge in [0.05, 0.1) is 5.39 Å². The Morgan fingerprint density at radius 2 is 0.840 bits per heavy atom. The number of benzene rings is 9. The molecule has 0 saturated heterocycles. The third-order valence-electron chi connectivity index (χ3n) is 10.5. The van der Waals surface area contributed by atoms with Crippen molar-refractivity contribution >= 4 is 76.2 Å². The molecule has 2 nitrogen and oxygen atoms in total. The van der Waals surface area contributed by atoms with Crippen molar-refractivity contribution in [3.05, 3.63) is 170 Å². The molecule has 2 heteroatoms. The van der Waals surface area contributed by atoms with Gasteiger partial charge in [-0.3, -0.25) is 0 Å². The molecule has 0 radical (unpaired) electrons. The lowest BCUT2D eigenvalue weighted by atomic mass is 9.84. The van der Waals surface area contributed by atoms with E-state index < -0.39 is 0 Å². The van der Waals surface area contributed by atoms with E-state index in [2.05, 4.69) is 158 Å². The van der Waals surface area contributed by atoms with Crippen LogP contribution in [-0.2, 0) is 0 Å². The Morgan fingerprint density at radius 3 is 1.56 bits per heavy atom. The second-order valence-corrected chi connectivity index (χ2v) is 13.1. The minimum atomic E-state index is 0.844. The molecule has 11 aromatic rings. The molecule has 0 saturated carbocycles. The van der Waals surface area contributed by atoms with Crippen molar-refractivity contribution in [3.63, 3.8) is 0 Å². The lowest BCUT2D eigenvalue weighted by Crippen LogP contribution is -1.92. The third kappa shape index (κ3) is 3.85. The van der Waals surface area contributed by atoms with Gasteiger partial charge in [-0.1, -0.05) is 140 Å². The highest BCUT2D eigenvalue weighted by atomic mass is 16.3. The number of fused-ring (bicyclic) bond motifs is 10. The second kappa shape index (κ2) is 10.4. The number of hydrogen-bond acceptors (Lipinski definition) is 2. The maximum absolute atomic E-state index is 6.68. The molecule has 0 bridgehead atoms. The molecule has 0 unspecified atom stereocenters. The zero-order valence-corrected chi connectivity index (χ0v) is 27.0. The van der Waals surface area contributed by atoms with Crippen LogP contribution in [0.25, 0.3) is 110 Å². The molecule has 9 aromatic carbocycles. The van der Waals surface area contributed by atoms with E-state index in [1.807, 2.05) is 12.1 Å². The summed E-state index contributed by atoms with van der Waals surface area (Å²) in [5, 5.41) is 11.8. The number of rotatable bonds is 3. The molecular weight excluding hydrogens is 609 g/mol. The van der Waals surface area contributed by atoms with Crippen molar-refractivity contribution < 1.29 is 8.83 Å². The second-order valence-electron chi connectivity index (χ2n) is 13.1. The summed E-state index contributed by atoms with van der Waals surface area (Å²) in [6.45, 7) is 0. The Morgan fingerprint density at radius 1 is 0.280 bits per heavy atom. The van der Waals surface area contributed by atoms with Gasteiger partial charge in [0, 0.05) is 16.2 Å². The van der Waals surface area contributed by atoms with Gasteiger partial charge in [-0.05, 0) is 96.0 Å². The highest BCUT2D eigenvalue weighted by molar-refractivity contribution is 6.25. The normalized spacial score (nSPS) is 12.0. The van der Waals surface area contributed by atoms with Crippen LogP contribution in [0, 0.1) is 0 Å². The molecule has 232 valence electrons. The zero-order chi connectivity index (χ0) is 32.8. The van der Waals surface area contributed by atoms with E-state index in [0.29, 0.717) is 0 Å². The van der Waals surface area contributed by atoms with E-state index >= 15 is 0 Å². The molecule has 0 aliphatic rings. The van der Waals surface area contributed by atoms with Gasteiger partial charge in [-0.2, -0.15) is 0 Å². The van der Waals surface area contributed by atoms with Crippen molar-refractivity contribution in [1.82, 2.24) is 0 Å². The summed E-state index contributed by atoms with van der Waals surface area (Å²) in [4.78, 5) is 0. The first-order valence-corrected chi connectivity index (χ1v) is 17.1. The van der Waals surface area contributed by atoms with Crippen molar-refractivity contribution in [2.24, 2.45) is 0 Å². The Hall–Kier alpha value is -6.64. The van der Waals surface area contributed by atoms with Gasteiger partial charge in [0.1, 0.15) is 22.3 Å². The average Bonchev–Trinajstić information content (AvgIpc) is 3.75. The van der Waals surface area contributed by atoms with Crippen LogP contribution in [-0.4, -0.2) is 0 Å². The van der Waals surface area contributed by atoms with Crippen molar-refractivity contribution in [3.8, 4) is 33.4 Å². The predicted molar refractivity (Wildman–Crippen MR) is 210 cm³/mol. The van der Waals surface area contributed by atoms with Gasteiger partial charge in [-0.25, -0.2) is 0 Å². The Bertz CT molecular complexity index is 3080. The standard InChI is InChI=1S/C48H28O2/c1-2-12-29(13-3-1)45-35-16-6-8-18-37(35)46(38-19-9-7-17-36(38)45)39-25-24-31(32-14-4-5-15-33(32)39)30-22-23-34-40-26-27-43-47(48(40)50-44(34)28-30)41-20-10-11-21-42(41)49-43/h1-28H. The van der Waals surface area contributed by atoms with Crippen LogP contribution in [0.5, 0.6) is 0 Å². The van der Waals surface area contributed by atoms with Crippen molar-refractivity contribution in [2.75, 3.05) is 0 Å². The first kappa shape index (κ1) is 27.3. The van der Waals surface area contributed by atoms with E-state index in [9.17, 15) is 0 Å². The lowest BCUT2D eigenvalue weighted by molar-refractivity contribution is 0.663. The smallest absolute Gasteiger partial charge is 0.147 e. The fourth-order valence-corrected chi connectivity index (χ4v) is 8.31. The fraction of sp³-hybridized carbons (Fsp3) is 0. The molecule has 0 fully saturated rings. The number of hydrogen-bond donors (Lipinski definition) is 0. The van der Waals surface area contributed by atoms with E-state index in [4.69, 9.17) is 8.83 Å². The maximum Gasteiger partial charge on any atom is 0.147 e. The number of furan rings is 2. The van der Waals surface area contributed by atoms with E-state index in [1.54, 1.807) is 0 Å². The Labute approximate surface area is 287 Å². The summed E-state index contributed by atoms with van der Waals surface area (Å²) >= 11 is 0. The summed E-state index contributed by atoms with van der Waals surface area (Å²) in [7, 11) is 0. The topological polar surface area (TPSA) is 26.3 Å². The molecule has 50 heavy (non-hydrogen) atoms. The summed E-state index contributed by atoms with van der Waals surface area (Å²) in [6.07, 6.45) is 0. The Balaban J connectivity index is 1.15. The molecule has 0 atom stereocenters. The predicted octanol–water partition coefficient (Wildman–Crippen LogP) is 13.9. The fourth-order valence-electron chi connectivity index (χ4n) is 8.31. The molecule has 0 aliphatic heterocycles. The molecule has 0 spiro atoms. The summed E-state index contributed by atoms with van der Waals surface area (Å²) < 4.78 is 12.9. The minimum Gasteiger partial charge on any atom is -0.456 e. The molecular formula is C48H28O2. The third-order valence-corrected chi connectivity index (χ3v) is 10.5. The van der Waals surface area contributed by atoms with Crippen molar-refractivity contribution in [1.29, 1.82) is 0 Å². The highest BCUT2D eigenvalue weighted by Gasteiger charge is 2.20. The van der Waals surface area contributed by atoms with Crippen LogP contribution < -0.4 is 0 Å².